The molecule has 0 saturated carbocycles. The molecule has 0 atom stereocenters. The molecule has 0 fully saturated rings. The van der Waals surface area contributed by atoms with E-state index in [1.165, 1.54) is 12.1 Å². The average Bonchev–Trinajstić information content (AvgIpc) is 2.99. The lowest BCUT2D eigenvalue weighted by Crippen LogP contribution is -1.84. The zero-order valence-corrected chi connectivity index (χ0v) is 11.0. The topological polar surface area (TPSA) is 55.5 Å². The Bertz CT molecular complexity index is 720. The highest BCUT2D eigenvalue weighted by Gasteiger charge is 2.06. The molecule has 21 heavy (non-hydrogen) atoms. The average molecular weight is 285 g/mol. The van der Waals surface area contributed by atoms with Gasteiger partial charge in [0.15, 0.2) is 5.76 Å². The van der Waals surface area contributed by atoms with Crippen LogP contribution in [0.3, 0.4) is 0 Å². The molecule has 0 bridgehead atoms. The minimum Gasteiger partial charge on any atom is -0.457 e. The standard InChI is InChI=1S/C16H12FNO3/c17-12-3-7-15(8-4-12)20-14-5-1-11(2-6-14)16-9-13(10-19)18-21-16/h1-9,19H,10H2. The van der Waals surface area contributed by atoms with E-state index in [9.17, 15) is 4.39 Å². The first-order chi connectivity index (χ1) is 10.2. The number of aliphatic hydroxyl groups is 1. The van der Waals surface area contributed by atoms with Gasteiger partial charge in [-0.05, 0) is 48.5 Å². The molecule has 0 unspecified atom stereocenters. The summed E-state index contributed by atoms with van der Waals surface area (Å²) < 4.78 is 23.5. The first-order valence-corrected chi connectivity index (χ1v) is 6.35. The number of ether oxygens (including phenoxy) is 1. The Morgan fingerprint density at radius 1 is 1.00 bits per heavy atom. The van der Waals surface area contributed by atoms with E-state index < -0.39 is 0 Å². The third kappa shape index (κ3) is 3.09. The van der Waals surface area contributed by atoms with E-state index >= 15 is 0 Å². The summed E-state index contributed by atoms with van der Waals surface area (Å²) >= 11 is 0. The van der Waals surface area contributed by atoms with Gasteiger partial charge in [-0.25, -0.2) is 4.39 Å². The SMILES string of the molecule is OCc1cc(-c2ccc(Oc3ccc(F)cc3)cc2)on1. The molecule has 2 aromatic carbocycles. The summed E-state index contributed by atoms with van der Waals surface area (Å²) in [5.41, 5.74) is 1.31. The molecule has 0 aliphatic carbocycles. The van der Waals surface area contributed by atoms with Crippen molar-refractivity contribution in [3.05, 3.63) is 66.1 Å². The lowest BCUT2D eigenvalue weighted by Gasteiger charge is -2.05. The summed E-state index contributed by atoms with van der Waals surface area (Å²) in [6.45, 7) is -0.157. The number of rotatable bonds is 4. The van der Waals surface area contributed by atoms with Gasteiger partial charge in [-0.1, -0.05) is 5.16 Å². The molecule has 0 aliphatic heterocycles. The molecule has 3 rings (SSSR count). The van der Waals surface area contributed by atoms with Gasteiger partial charge in [0.1, 0.15) is 23.0 Å². The van der Waals surface area contributed by atoms with Gasteiger partial charge >= 0.3 is 0 Å². The molecule has 3 aromatic rings. The maximum Gasteiger partial charge on any atom is 0.167 e. The van der Waals surface area contributed by atoms with E-state index in [0.717, 1.165) is 5.56 Å². The predicted octanol–water partition coefficient (Wildman–Crippen LogP) is 3.77. The molecule has 5 heteroatoms. The Kier molecular flexibility index (Phi) is 3.66. The summed E-state index contributed by atoms with van der Waals surface area (Å²) in [5.74, 6) is 1.47. The monoisotopic (exact) mass is 285 g/mol. The van der Waals surface area contributed by atoms with E-state index in [1.807, 2.05) is 12.1 Å². The third-order valence-electron chi connectivity index (χ3n) is 2.91. The summed E-state index contributed by atoms with van der Waals surface area (Å²) in [6, 6.07) is 14.7. The first-order valence-electron chi connectivity index (χ1n) is 6.35. The molecule has 1 aromatic heterocycles. The fourth-order valence-corrected chi connectivity index (χ4v) is 1.85. The van der Waals surface area contributed by atoms with Crippen molar-refractivity contribution in [2.24, 2.45) is 0 Å². The van der Waals surface area contributed by atoms with Crippen molar-refractivity contribution in [2.75, 3.05) is 0 Å². The van der Waals surface area contributed by atoms with Gasteiger partial charge in [-0.3, -0.25) is 0 Å². The Morgan fingerprint density at radius 2 is 1.62 bits per heavy atom. The molecule has 0 spiro atoms. The Balaban J connectivity index is 1.76. The zero-order valence-electron chi connectivity index (χ0n) is 11.0. The van der Waals surface area contributed by atoms with Crippen LogP contribution in [0, 0.1) is 5.82 Å². The number of hydrogen-bond acceptors (Lipinski definition) is 4. The van der Waals surface area contributed by atoms with Crippen molar-refractivity contribution in [3.63, 3.8) is 0 Å². The van der Waals surface area contributed by atoms with Crippen molar-refractivity contribution in [3.8, 4) is 22.8 Å². The van der Waals surface area contributed by atoms with Gasteiger partial charge in [-0.2, -0.15) is 0 Å². The Labute approximate surface area is 120 Å². The van der Waals surface area contributed by atoms with Crippen LogP contribution >= 0.6 is 0 Å². The van der Waals surface area contributed by atoms with E-state index in [-0.39, 0.29) is 12.4 Å². The fraction of sp³-hybridized carbons (Fsp3) is 0.0625. The van der Waals surface area contributed by atoms with Crippen LogP contribution in [-0.4, -0.2) is 10.3 Å². The smallest absolute Gasteiger partial charge is 0.167 e. The van der Waals surface area contributed by atoms with Crippen molar-refractivity contribution in [1.82, 2.24) is 5.16 Å². The van der Waals surface area contributed by atoms with Crippen molar-refractivity contribution in [2.45, 2.75) is 6.61 Å². The van der Waals surface area contributed by atoms with Crippen LogP contribution in [0.15, 0.2) is 59.1 Å². The third-order valence-corrected chi connectivity index (χ3v) is 2.91. The lowest BCUT2D eigenvalue weighted by atomic mass is 10.1. The first kappa shape index (κ1) is 13.3. The molecule has 4 nitrogen and oxygen atoms in total. The minimum atomic E-state index is -0.303. The van der Waals surface area contributed by atoms with Gasteiger partial charge < -0.3 is 14.4 Å². The van der Waals surface area contributed by atoms with Crippen LogP contribution < -0.4 is 4.74 Å². The van der Waals surface area contributed by atoms with Gasteiger partial charge in [0.2, 0.25) is 0 Å². The second-order valence-electron chi connectivity index (χ2n) is 4.42. The largest absolute Gasteiger partial charge is 0.457 e. The van der Waals surface area contributed by atoms with Crippen molar-refractivity contribution < 1.29 is 18.8 Å². The Morgan fingerprint density at radius 3 is 2.19 bits per heavy atom. The normalized spacial score (nSPS) is 10.6. The molecule has 0 saturated heterocycles. The van der Waals surface area contributed by atoms with Crippen molar-refractivity contribution in [1.29, 1.82) is 0 Å². The number of nitrogens with zero attached hydrogens (tertiary/aromatic N) is 1. The van der Waals surface area contributed by atoms with E-state index in [0.29, 0.717) is 23.0 Å². The predicted molar refractivity (Wildman–Crippen MR) is 74.3 cm³/mol. The van der Waals surface area contributed by atoms with Crippen LogP contribution in [0.2, 0.25) is 0 Å². The van der Waals surface area contributed by atoms with Gasteiger partial charge in [0, 0.05) is 11.6 Å². The summed E-state index contributed by atoms with van der Waals surface area (Å²) in [6.07, 6.45) is 0. The molecule has 0 radical (unpaired) electrons. The summed E-state index contributed by atoms with van der Waals surface area (Å²) in [4.78, 5) is 0. The molecule has 1 N–H and O–H groups in total. The van der Waals surface area contributed by atoms with Gasteiger partial charge in [0.05, 0.1) is 6.61 Å². The maximum absolute atomic E-state index is 12.8. The Hall–Kier alpha value is -2.66. The number of hydrogen-bond donors (Lipinski definition) is 1. The highest BCUT2D eigenvalue weighted by molar-refractivity contribution is 5.58. The molecule has 106 valence electrons. The number of benzene rings is 2. The van der Waals surface area contributed by atoms with Crippen LogP contribution in [0.5, 0.6) is 11.5 Å². The van der Waals surface area contributed by atoms with Gasteiger partial charge in [-0.15, -0.1) is 0 Å². The fourth-order valence-electron chi connectivity index (χ4n) is 1.85. The number of aromatic nitrogens is 1. The number of halogens is 1. The maximum atomic E-state index is 12.8. The molecule has 0 amide bonds. The van der Waals surface area contributed by atoms with E-state index in [4.69, 9.17) is 14.4 Å². The molecular formula is C16H12FNO3. The second-order valence-corrected chi connectivity index (χ2v) is 4.42. The molecular weight excluding hydrogens is 273 g/mol. The van der Waals surface area contributed by atoms with Crippen LogP contribution in [0.4, 0.5) is 4.39 Å². The molecule has 0 aliphatic rings. The molecule has 1 heterocycles. The van der Waals surface area contributed by atoms with Crippen LogP contribution in [0.1, 0.15) is 5.69 Å². The summed E-state index contributed by atoms with van der Waals surface area (Å²) in [7, 11) is 0. The van der Waals surface area contributed by atoms with Gasteiger partial charge in [0.25, 0.3) is 0 Å². The minimum absolute atomic E-state index is 0.157. The second kappa shape index (κ2) is 5.76. The number of aliphatic hydroxyl groups excluding tert-OH is 1. The quantitative estimate of drug-likeness (QED) is 0.793. The highest BCUT2D eigenvalue weighted by atomic mass is 19.1. The summed E-state index contributed by atoms with van der Waals surface area (Å²) in [5, 5.41) is 12.7. The van der Waals surface area contributed by atoms with E-state index in [2.05, 4.69) is 5.16 Å². The van der Waals surface area contributed by atoms with Crippen LogP contribution in [0.25, 0.3) is 11.3 Å². The zero-order chi connectivity index (χ0) is 14.7. The van der Waals surface area contributed by atoms with E-state index in [1.54, 1.807) is 30.3 Å². The highest BCUT2D eigenvalue weighted by Crippen LogP contribution is 2.26. The van der Waals surface area contributed by atoms with Crippen LogP contribution in [-0.2, 0) is 6.61 Å². The van der Waals surface area contributed by atoms with Crippen molar-refractivity contribution >= 4 is 0 Å². The lowest BCUT2D eigenvalue weighted by molar-refractivity contribution is 0.267.